The van der Waals surface area contributed by atoms with E-state index in [1.165, 1.54) is 18.2 Å². The zero-order valence-corrected chi connectivity index (χ0v) is 14.0. The highest BCUT2D eigenvalue weighted by atomic mass is 19.4. The van der Waals surface area contributed by atoms with E-state index in [0.29, 0.717) is 13.2 Å². The second-order valence-electron chi connectivity index (χ2n) is 5.81. The molecule has 1 aliphatic rings. The van der Waals surface area contributed by atoms with Crippen molar-refractivity contribution in [2.45, 2.75) is 12.2 Å². The Bertz CT molecular complexity index is 820. The van der Waals surface area contributed by atoms with Gasteiger partial charge < -0.3 is 20.1 Å². The van der Waals surface area contributed by atoms with Crippen LogP contribution in [-0.4, -0.2) is 31.7 Å². The monoisotopic (exact) mass is 384 g/mol. The third-order valence-electron chi connectivity index (χ3n) is 3.85. The second kappa shape index (κ2) is 7.93. The molecule has 0 bridgehead atoms. The predicted molar refractivity (Wildman–Crippen MR) is 89.2 cm³/mol. The lowest BCUT2D eigenvalue weighted by molar-refractivity contribution is -0.138. The zero-order chi connectivity index (χ0) is 19.4. The number of carbonyl (C=O) groups is 1. The first-order chi connectivity index (χ1) is 12.8. The molecule has 1 amide bonds. The summed E-state index contributed by atoms with van der Waals surface area (Å²) < 4.78 is 63.5. The highest BCUT2D eigenvalue weighted by molar-refractivity contribution is 5.95. The van der Waals surface area contributed by atoms with Crippen LogP contribution < -0.4 is 15.4 Å². The molecule has 0 aliphatic carbocycles. The fraction of sp³-hybridized carbons (Fsp3) is 0.278. The van der Waals surface area contributed by atoms with Crippen LogP contribution in [0.5, 0.6) is 11.5 Å². The van der Waals surface area contributed by atoms with Crippen LogP contribution in [0.2, 0.25) is 0 Å². The lowest BCUT2D eigenvalue weighted by Crippen LogP contribution is -2.48. The normalized spacial score (nSPS) is 17.4. The Morgan fingerprint density at radius 2 is 1.96 bits per heavy atom. The minimum atomic E-state index is -4.63. The Morgan fingerprint density at radius 3 is 2.63 bits per heavy atom. The minimum absolute atomic E-state index is 0.154. The van der Waals surface area contributed by atoms with Gasteiger partial charge in [0.2, 0.25) is 5.91 Å². The quantitative estimate of drug-likeness (QED) is 0.792. The number of hydrogen-bond acceptors (Lipinski definition) is 4. The van der Waals surface area contributed by atoms with Crippen molar-refractivity contribution in [2.24, 2.45) is 0 Å². The number of rotatable bonds is 4. The molecule has 0 spiro atoms. The molecule has 1 unspecified atom stereocenters. The van der Waals surface area contributed by atoms with Gasteiger partial charge in [0.05, 0.1) is 18.8 Å². The Kier molecular flexibility index (Phi) is 5.62. The van der Waals surface area contributed by atoms with Gasteiger partial charge in [-0.25, -0.2) is 4.39 Å². The van der Waals surface area contributed by atoms with Gasteiger partial charge in [0, 0.05) is 18.3 Å². The van der Waals surface area contributed by atoms with Crippen LogP contribution in [0.4, 0.5) is 23.2 Å². The molecule has 2 N–H and O–H groups in total. The largest absolute Gasteiger partial charge is 0.454 e. The van der Waals surface area contributed by atoms with E-state index in [1.54, 1.807) is 0 Å². The average molecular weight is 384 g/mol. The van der Waals surface area contributed by atoms with Crippen molar-refractivity contribution < 1.29 is 31.8 Å². The third-order valence-corrected chi connectivity index (χ3v) is 3.85. The van der Waals surface area contributed by atoms with Crippen molar-refractivity contribution in [3.8, 4) is 11.5 Å². The van der Waals surface area contributed by atoms with Crippen LogP contribution in [0.25, 0.3) is 0 Å². The first kappa shape index (κ1) is 19.1. The summed E-state index contributed by atoms with van der Waals surface area (Å²) >= 11 is 0. The molecule has 144 valence electrons. The third kappa shape index (κ3) is 4.75. The van der Waals surface area contributed by atoms with E-state index in [1.807, 2.05) is 0 Å². The summed E-state index contributed by atoms with van der Waals surface area (Å²) in [5, 5.41) is 5.48. The molecule has 1 fully saturated rings. The van der Waals surface area contributed by atoms with Gasteiger partial charge in [-0.2, -0.15) is 13.2 Å². The predicted octanol–water partition coefficient (Wildman–Crippen LogP) is 3.56. The van der Waals surface area contributed by atoms with Crippen molar-refractivity contribution in [3.05, 3.63) is 53.8 Å². The molecule has 1 saturated heterocycles. The Balaban J connectivity index is 1.73. The SMILES string of the molecule is O=C(Nc1ccc(Oc2ccccc2C(F)(F)F)c(F)c1)C1COCCN1. The van der Waals surface area contributed by atoms with Crippen LogP contribution >= 0.6 is 0 Å². The highest BCUT2D eigenvalue weighted by Crippen LogP contribution is 2.38. The van der Waals surface area contributed by atoms with E-state index in [0.717, 1.165) is 24.3 Å². The van der Waals surface area contributed by atoms with E-state index in [2.05, 4.69) is 10.6 Å². The molecule has 27 heavy (non-hydrogen) atoms. The van der Waals surface area contributed by atoms with Gasteiger partial charge in [0.1, 0.15) is 11.8 Å². The van der Waals surface area contributed by atoms with Crippen LogP contribution in [0, 0.1) is 5.82 Å². The maximum Gasteiger partial charge on any atom is 0.419 e. The topological polar surface area (TPSA) is 59.6 Å². The number of carbonyl (C=O) groups excluding carboxylic acids is 1. The van der Waals surface area contributed by atoms with Crippen LogP contribution in [0.3, 0.4) is 0 Å². The lowest BCUT2D eigenvalue weighted by Gasteiger charge is -2.23. The van der Waals surface area contributed by atoms with Gasteiger partial charge in [0.15, 0.2) is 11.6 Å². The maximum atomic E-state index is 14.3. The molecule has 2 aromatic rings. The molecule has 1 heterocycles. The number of hydrogen-bond donors (Lipinski definition) is 2. The number of nitrogens with one attached hydrogen (secondary N) is 2. The molecular formula is C18H16F4N2O3. The van der Waals surface area contributed by atoms with E-state index >= 15 is 0 Å². The molecule has 3 rings (SSSR count). The van der Waals surface area contributed by atoms with Crippen molar-refractivity contribution in [3.63, 3.8) is 0 Å². The van der Waals surface area contributed by atoms with Crippen molar-refractivity contribution in [1.82, 2.24) is 5.32 Å². The van der Waals surface area contributed by atoms with Gasteiger partial charge in [-0.3, -0.25) is 4.79 Å². The zero-order valence-electron chi connectivity index (χ0n) is 14.0. The number of morpholine rings is 1. The number of amides is 1. The number of ether oxygens (including phenoxy) is 2. The van der Waals surface area contributed by atoms with Gasteiger partial charge in [-0.05, 0) is 24.3 Å². The van der Waals surface area contributed by atoms with E-state index in [9.17, 15) is 22.4 Å². The number of alkyl halides is 3. The number of benzene rings is 2. The summed E-state index contributed by atoms with van der Waals surface area (Å²) in [6.45, 7) is 1.23. The molecule has 1 aliphatic heterocycles. The maximum absolute atomic E-state index is 14.3. The first-order valence-corrected chi connectivity index (χ1v) is 8.10. The highest BCUT2D eigenvalue weighted by Gasteiger charge is 2.34. The molecule has 5 nitrogen and oxygen atoms in total. The fourth-order valence-electron chi connectivity index (χ4n) is 2.53. The van der Waals surface area contributed by atoms with Crippen molar-refractivity contribution >= 4 is 11.6 Å². The second-order valence-corrected chi connectivity index (χ2v) is 5.81. The molecule has 0 aromatic heterocycles. The summed E-state index contributed by atoms with van der Waals surface area (Å²) in [6, 6.07) is 7.45. The fourth-order valence-corrected chi connectivity index (χ4v) is 2.53. The molecule has 0 saturated carbocycles. The van der Waals surface area contributed by atoms with Crippen LogP contribution in [0.1, 0.15) is 5.56 Å². The smallest absolute Gasteiger partial charge is 0.419 e. The van der Waals surface area contributed by atoms with Crippen molar-refractivity contribution in [2.75, 3.05) is 25.1 Å². The summed E-state index contributed by atoms with van der Waals surface area (Å²) in [4.78, 5) is 12.1. The van der Waals surface area contributed by atoms with Crippen LogP contribution in [-0.2, 0) is 15.7 Å². The van der Waals surface area contributed by atoms with Gasteiger partial charge >= 0.3 is 6.18 Å². The average Bonchev–Trinajstić information content (AvgIpc) is 2.64. The summed E-state index contributed by atoms with van der Waals surface area (Å²) in [5.41, 5.74) is -0.855. The van der Waals surface area contributed by atoms with Crippen molar-refractivity contribution in [1.29, 1.82) is 0 Å². The van der Waals surface area contributed by atoms with Gasteiger partial charge in [-0.1, -0.05) is 12.1 Å². The molecule has 0 radical (unpaired) electrons. The van der Waals surface area contributed by atoms with E-state index in [4.69, 9.17) is 9.47 Å². The number of halogens is 4. The lowest BCUT2D eigenvalue weighted by atomic mass is 10.2. The number of para-hydroxylation sites is 1. The minimum Gasteiger partial charge on any atom is -0.454 e. The molecule has 1 atom stereocenters. The standard InChI is InChI=1S/C18H16F4N2O3/c19-13-9-11(24-17(25)14-10-26-8-7-23-14)5-6-16(13)27-15-4-2-1-3-12(15)18(20,21)22/h1-6,9,14,23H,7-8,10H2,(H,24,25). The summed E-state index contributed by atoms with van der Waals surface area (Å²) in [6.07, 6.45) is -4.63. The van der Waals surface area contributed by atoms with Gasteiger partial charge in [0.25, 0.3) is 0 Å². The summed E-state index contributed by atoms with van der Waals surface area (Å²) in [7, 11) is 0. The number of anilines is 1. The van der Waals surface area contributed by atoms with Crippen LogP contribution in [0.15, 0.2) is 42.5 Å². The van der Waals surface area contributed by atoms with E-state index in [-0.39, 0.29) is 18.0 Å². The Morgan fingerprint density at radius 1 is 1.19 bits per heavy atom. The first-order valence-electron chi connectivity index (χ1n) is 8.10. The summed E-state index contributed by atoms with van der Waals surface area (Å²) in [5.74, 6) is -2.20. The van der Waals surface area contributed by atoms with Gasteiger partial charge in [-0.15, -0.1) is 0 Å². The Hall–Kier alpha value is -2.65. The van der Waals surface area contributed by atoms with E-state index < -0.39 is 35.3 Å². The molecule has 9 heteroatoms. The Labute approximate surface area is 152 Å². The molecule has 2 aromatic carbocycles. The molecular weight excluding hydrogens is 368 g/mol.